The number of likely N-dealkylation sites (tertiary alicyclic amines) is 1. The Hall–Kier alpha value is -2.83. The maximum Gasteiger partial charge on any atom is 0.416 e. The summed E-state index contributed by atoms with van der Waals surface area (Å²) >= 11 is 0. The van der Waals surface area contributed by atoms with Crippen LogP contribution >= 0.6 is 0 Å². The highest BCUT2D eigenvalue weighted by Crippen LogP contribution is 2.46. The molecule has 0 unspecified atom stereocenters. The Morgan fingerprint density at radius 3 is 2.02 bits per heavy atom. The third kappa shape index (κ3) is 5.80. The van der Waals surface area contributed by atoms with E-state index in [1.54, 1.807) is 12.1 Å². The molecule has 2 aliphatic heterocycles. The van der Waals surface area contributed by atoms with Crippen molar-refractivity contribution in [1.82, 2.24) is 4.90 Å². The predicted molar refractivity (Wildman–Crippen MR) is 126 cm³/mol. The van der Waals surface area contributed by atoms with Gasteiger partial charge in [-0.05, 0) is 60.2 Å². The topological polar surface area (TPSA) is 55.8 Å². The molecule has 5 rings (SSSR count). The van der Waals surface area contributed by atoms with Gasteiger partial charge in [-0.2, -0.15) is 26.3 Å². The van der Waals surface area contributed by atoms with Crippen molar-refractivity contribution < 1.29 is 49.8 Å². The molecule has 40 heavy (non-hydrogen) atoms. The van der Waals surface area contributed by atoms with E-state index in [9.17, 15) is 40.3 Å². The molecule has 3 fully saturated rings. The van der Waals surface area contributed by atoms with E-state index < -0.39 is 59.2 Å². The lowest BCUT2D eigenvalue weighted by Gasteiger charge is -2.40. The van der Waals surface area contributed by atoms with Crippen LogP contribution in [0.15, 0.2) is 42.5 Å². The summed E-state index contributed by atoms with van der Waals surface area (Å²) in [5.74, 6) is -2.04. The van der Waals surface area contributed by atoms with Crippen molar-refractivity contribution in [2.75, 3.05) is 19.7 Å². The van der Waals surface area contributed by atoms with Gasteiger partial charge in [0.2, 0.25) is 0 Å². The van der Waals surface area contributed by atoms with E-state index in [1.807, 2.05) is 4.90 Å². The van der Waals surface area contributed by atoms with Crippen LogP contribution in [0.1, 0.15) is 54.0 Å². The number of carbonyl (C=O) groups excluding carboxylic acids is 2. The van der Waals surface area contributed by atoms with Crippen LogP contribution in [0.3, 0.4) is 0 Å². The fourth-order valence-electron chi connectivity index (χ4n) is 6.03. The van der Waals surface area contributed by atoms with Gasteiger partial charge in [0.25, 0.3) is 0 Å². The van der Waals surface area contributed by atoms with Gasteiger partial charge in [-0.1, -0.05) is 12.1 Å². The summed E-state index contributed by atoms with van der Waals surface area (Å²) in [5.41, 5.74) is -2.57. The summed E-state index contributed by atoms with van der Waals surface area (Å²) in [6, 6.07) is 6.67. The summed E-state index contributed by atoms with van der Waals surface area (Å²) < 4.78 is 106. The SMILES string of the molecule is C[C@@H](O[C@H]1OC[C@@H]2CN(C3CC(=O)C(=O)C3)C[C@H]2[C@@H]1c1ccc(F)cc1)c1cc(C(F)(F)F)cc(C(F)(F)F)c1. The first-order valence-corrected chi connectivity index (χ1v) is 12.8. The second-order valence-electron chi connectivity index (χ2n) is 10.7. The van der Waals surface area contributed by atoms with E-state index in [2.05, 4.69) is 0 Å². The van der Waals surface area contributed by atoms with Gasteiger partial charge in [-0.15, -0.1) is 0 Å². The summed E-state index contributed by atoms with van der Waals surface area (Å²) in [6.07, 6.45) is -12.0. The fourth-order valence-corrected chi connectivity index (χ4v) is 6.03. The molecular weight excluding hydrogens is 547 g/mol. The van der Waals surface area contributed by atoms with E-state index in [1.165, 1.54) is 19.1 Å². The van der Waals surface area contributed by atoms with Crippen molar-refractivity contribution in [3.05, 3.63) is 70.5 Å². The third-order valence-electron chi connectivity index (χ3n) is 8.09. The lowest BCUT2D eigenvalue weighted by molar-refractivity contribution is -0.217. The molecular formula is C28H26F7NO4. The molecule has 0 spiro atoms. The highest BCUT2D eigenvalue weighted by atomic mass is 19.4. The molecule has 1 aliphatic carbocycles. The number of halogens is 7. The van der Waals surface area contributed by atoms with Crippen LogP contribution in [0.2, 0.25) is 0 Å². The van der Waals surface area contributed by atoms with Crippen LogP contribution in [0.5, 0.6) is 0 Å². The molecule has 1 saturated carbocycles. The Bertz CT molecular complexity index is 1230. The Morgan fingerprint density at radius 1 is 0.900 bits per heavy atom. The molecule has 216 valence electrons. The Kier molecular flexibility index (Phi) is 7.56. The molecule has 0 radical (unpaired) electrons. The number of ketones is 2. The second kappa shape index (κ2) is 10.5. The van der Waals surface area contributed by atoms with Crippen LogP contribution in [0, 0.1) is 17.7 Å². The maximum atomic E-state index is 13.7. The van der Waals surface area contributed by atoms with Gasteiger partial charge >= 0.3 is 12.4 Å². The normalized spacial score (nSPS) is 27.3. The minimum atomic E-state index is -5.00. The van der Waals surface area contributed by atoms with Gasteiger partial charge in [0, 0.05) is 37.9 Å². The molecule has 5 nitrogen and oxygen atoms in total. The number of fused-ring (bicyclic) bond motifs is 1. The van der Waals surface area contributed by atoms with Crippen molar-refractivity contribution in [1.29, 1.82) is 0 Å². The lowest BCUT2D eigenvalue weighted by atomic mass is 9.77. The van der Waals surface area contributed by atoms with Crippen molar-refractivity contribution in [3.8, 4) is 0 Å². The predicted octanol–water partition coefficient (Wildman–Crippen LogP) is 5.93. The Labute approximate surface area is 225 Å². The van der Waals surface area contributed by atoms with Crippen LogP contribution < -0.4 is 0 Å². The van der Waals surface area contributed by atoms with Crippen molar-refractivity contribution in [2.24, 2.45) is 11.8 Å². The number of benzene rings is 2. The highest BCUT2D eigenvalue weighted by molar-refractivity contribution is 6.39. The van der Waals surface area contributed by atoms with Gasteiger partial charge in [0.15, 0.2) is 17.9 Å². The van der Waals surface area contributed by atoms with Gasteiger partial charge < -0.3 is 9.47 Å². The fraction of sp³-hybridized carbons (Fsp3) is 0.500. The molecule has 0 N–H and O–H groups in total. The zero-order valence-electron chi connectivity index (χ0n) is 21.3. The number of carbonyl (C=O) groups is 2. The number of hydrogen-bond donors (Lipinski definition) is 0. The molecule has 2 aromatic carbocycles. The standard InChI is InChI=1S/C28H26F7NO4/c1-14(16-6-18(27(30,31)32)8-19(7-16)28(33,34)35)40-26-25(15-2-4-20(29)5-3-15)22-12-36(11-17(22)13-39-26)21-9-23(37)24(38)10-21/h2-8,14,17,21-22,25-26H,9-13H2,1H3/t14-,17+,22-,25+,26-/m1/s1. The minimum Gasteiger partial charge on any atom is -0.352 e. The molecule has 12 heteroatoms. The van der Waals surface area contributed by atoms with Gasteiger partial charge in [0.1, 0.15) is 5.82 Å². The maximum absolute atomic E-state index is 13.7. The molecule has 2 heterocycles. The summed E-state index contributed by atoms with van der Waals surface area (Å²) in [7, 11) is 0. The number of Topliss-reactive ketones (excluding diaryl/α,β-unsaturated/α-hetero) is 2. The lowest BCUT2D eigenvalue weighted by Crippen LogP contribution is -2.42. The quantitative estimate of drug-likeness (QED) is 0.328. The number of hydrogen-bond acceptors (Lipinski definition) is 5. The van der Waals surface area contributed by atoms with E-state index in [4.69, 9.17) is 9.47 Å². The summed E-state index contributed by atoms with van der Waals surface area (Å²) in [4.78, 5) is 25.8. The number of rotatable bonds is 5. The molecule has 0 bridgehead atoms. The van der Waals surface area contributed by atoms with Gasteiger partial charge in [-0.25, -0.2) is 4.39 Å². The summed E-state index contributed by atoms with van der Waals surface area (Å²) in [5, 5.41) is 0. The largest absolute Gasteiger partial charge is 0.416 e. The Morgan fingerprint density at radius 2 is 1.48 bits per heavy atom. The minimum absolute atomic E-state index is 0.0404. The zero-order chi connectivity index (χ0) is 29.0. The number of ether oxygens (including phenoxy) is 2. The first-order valence-electron chi connectivity index (χ1n) is 12.8. The van der Waals surface area contributed by atoms with Crippen molar-refractivity contribution in [3.63, 3.8) is 0 Å². The molecule has 5 atom stereocenters. The second-order valence-corrected chi connectivity index (χ2v) is 10.7. The van der Waals surface area contributed by atoms with Crippen LogP contribution in [0.25, 0.3) is 0 Å². The van der Waals surface area contributed by atoms with Crippen LogP contribution in [-0.4, -0.2) is 48.5 Å². The smallest absolute Gasteiger partial charge is 0.352 e. The van der Waals surface area contributed by atoms with Gasteiger partial charge in [0.05, 0.1) is 23.8 Å². The van der Waals surface area contributed by atoms with Crippen LogP contribution in [-0.2, 0) is 31.4 Å². The molecule has 2 aromatic rings. The van der Waals surface area contributed by atoms with Crippen molar-refractivity contribution in [2.45, 2.75) is 56.5 Å². The molecule has 3 aliphatic rings. The van der Waals surface area contributed by atoms with Crippen LogP contribution in [0.4, 0.5) is 30.7 Å². The van der Waals surface area contributed by atoms with E-state index >= 15 is 0 Å². The van der Waals surface area contributed by atoms with Gasteiger partial charge in [-0.3, -0.25) is 14.5 Å². The first kappa shape index (κ1) is 28.7. The summed E-state index contributed by atoms with van der Waals surface area (Å²) in [6.45, 7) is 2.56. The molecule has 0 amide bonds. The highest BCUT2D eigenvalue weighted by Gasteiger charge is 2.50. The molecule has 0 aromatic heterocycles. The molecule has 2 saturated heterocycles. The average molecular weight is 574 g/mol. The number of nitrogens with zero attached hydrogens (tertiary/aromatic N) is 1. The van der Waals surface area contributed by atoms with E-state index in [-0.39, 0.29) is 49.0 Å². The van der Waals surface area contributed by atoms with E-state index in [0.29, 0.717) is 30.8 Å². The van der Waals surface area contributed by atoms with Crippen molar-refractivity contribution >= 4 is 11.6 Å². The average Bonchev–Trinajstić information content (AvgIpc) is 3.46. The van der Waals surface area contributed by atoms with E-state index in [0.717, 1.165) is 0 Å². The third-order valence-corrected chi connectivity index (χ3v) is 8.09. The number of alkyl halides is 6. The monoisotopic (exact) mass is 573 g/mol. The Balaban J connectivity index is 1.43. The zero-order valence-corrected chi connectivity index (χ0v) is 21.3. The first-order chi connectivity index (χ1) is 18.7.